The predicted octanol–water partition coefficient (Wildman–Crippen LogP) is 3.39. The number of rotatable bonds is 7. The number of hydrogen-bond donors (Lipinski definition) is 1. The summed E-state index contributed by atoms with van der Waals surface area (Å²) in [5.41, 5.74) is 2.47. The highest BCUT2D eigenvalue weighted by atomic mass is 32.2. The third-order valence-corrected chi connectivity index (χ3v) is 8.83. The van der Waals surface area contributed by atoms with E-state index in [0.29, 0.717) is 24.4 Å². The van der Waals surface area contributed by atoms with Gasteiger partial charge in [0.2, 0.25) is 10.0 Å². The van der Waals surface area contributed by atoms with E-state index in [-0.39, 0.29) is 35.8 Å². The number of nitrogens with zero attached hydrogens (tertiary/aromatic N) is 3. The molecule has 0 unspecified atom stereocenters. The van der Waals surface area contributed by atoms with Crippen molar-refractivity contribution in [3.8, 4) is 23.3 Å². The Labute approximate surface area is 231 Å². The van der Waals surface area contributed by atoms with E-state index in [1.165, 1.54) is 4.31 Å². The molecule has 0 amide bonds. The molecule has 1 N–H and O–H groups in total. The maximum atomic E-state index is 13.7. The Hall–Kier alpha value is -3.42. The third-order valence-electron chi connectivity index (χ3n) is 6.81. The fourth-order valence-corrected chi connectivity index (χ4v) is 6.41. The fraction of sp³-hybridized carbons (Fsp3) is 0.367. The molecule has 39 heavy (non-hydrogen) atoms. The summed E-state index contributed by atoms with van der Waals surface area (Å²) < 4.78 is 40.7. The number of ether oxygens (including phenoxy) is 2. The van der Waals surface area contributed by atoms with E-state index in [2.05, 4.69) is 21.7 Å². The van der Waals surface area contributed by atoms with E-state index >= 15 is 0 Å². The molecule has 3 atom stereocenters. The second kappa shape index (κ2) is 12.6. The minimum Gasteiger partial charge on any atom is -0.495 e. The van der Waals surface area contributed by atoms with E-state index in [0.717, 1.165) is 11.1 Å². The number of fused-ring (bicyclic) bond motifs is 1. The van der Waals surface area contributed by atoms with Crippen LogP contribution in [0.4, 0.5) is 0 Å². The Kier molecular flexibility index (Phi) is 9.25. The zero-order valence-corrected chi connectivity index (χ0v) is 23.6. The fourth-order valence-electron chi connectivity index (χ4n) is 4.58. The van der Waals surface area contributed by atoms with Gasteiger partial charge in [-0.15, -0.1) is 0 Å². The molecule has 1 aromatic heterocycles. The predicted molar refractivity (Wildman–Crippen MR) is 150 cm³/mol. The number of para-hydroxylation sites is 1. The van der Waals surface area contributed by atoms with Crippen LogP contribution in [0.5, 0.6) is 11.5 Å². The Morgan fingerprint density at radius 2 is 1.92 bits per heavy atom. The van der Waals surface area contributed by atoms with Crippen LogP contribution in [-0.4, -0.2) is 73.7 Å². The summed E-state index contributed by atoms with van der Waals surface area (Å²) in [5.74, 6) is 7.00. The van der Waals surface area contributed by atoms with Crippen molar-refractivity contribution in [1.82, 2.24) is 14.2 Å². The summed E-state index contributed by atoms with van der Waals surface area (Å²) in [5, 5.41) is 9.88. The maximum Gasteiger partial charge on any atom is 0.247 e. The van der Waals surface area contributed by atoms with Crippen LogP contribution in [0.3, 0.4) is 0 Å². The van der Waals surface area contributed by atoms with Gasteiger partial charge >= 0.3 is 0 Å². The van der Waals surface area contributed by atoms with Gasteiger partial charge in [-0.3, -0.25) is 9.88 Å². The van der Waals surface area contributed by atoms with Gasteiger partial charge in [-0.05, 0) is 62.0 Å². The molecule has 2 heterocycles. The molecular weight excluding hydrogens is 514 g/mol. The number of pyridine rings is 1. The monoisotopic (exact) mass is 549 g/mol. The van der Waals surface area contributed by atoms with Crippen molar-refractivity contribution in [2.24, 2.45) is 5.92 Å². The number of aliphatic hydroxyl groups excluding tert-OH is 1. The molecule has 1 aliphatic heterocycles. The summed E-state index contributed by atoms with van der Waals surface area (Å²) in [7, 11) is -0.318. The highest BCUT2D eigenvalue weighted by Crippen LogP contribution is 2.34. The van der Waals surface area contributed by atoms with Crippen LogP contribution in [0.1, 0.15) is 30.5 Å². The molecule has 0 bridgehead atoms. The molecule has 3 aromatic rings. The first-order valence-corrected chi connectivity index (χ1v) is 14.3. The van der Waals surface area contributed by atoms with E-state index in [1.807, 2.05) is 50.4 Å². The summed E-state index contributed by atoms with van der Waals surface area (Å²) in [4.78, 5) is 6.30. The van der Waals surface area contributed by atoms with Crippen molar-refractivity contribution < 1.29 is 23.0 Å². The maximum absolute atomic E-state index is 13.7. The SMILES string of the molecule is COc1ccccc1C#Cc1ccc2c(c1)O[C@@H](CN(C)Cc1ccncc1)[C@@H](C)CN([C@@H](C)CO)S2(=O)=O. The van der Waals surface area contributed by atoms with Crippen LogP contribution >= 0.6 is 0 Å². The average Bonchev–Trinajstić information content (AvgIpc) is 2.94. The van der Waals surface area contributed by atoms with Gasteiger partial charge in [-0.2, -0.15) is 4.31 Å². The van der Waals surface area contributed by atoms with Gasteiger partial charge in [0, 0.05) is 49.6 Å². The standard InChI is InChI=1S/C30H35N3O5S/c1-22-18-33(23(2)21-34)39(35,36)30-12-10-24(9-11-26-7-5-6-8-27(26)37-4)17-28(30)38-29(22)20-32(3)19-25-13-15-31-16-14-25/h5-8,10,12-17,22-23,29,34H,18-21H2,1-4H3/t22-,23-,29-/m0/s1. The molecule has 0 saturated heterocycles. The van der Waals surface area contributed by atoms with Crippen molar-refractivity contribution in [2.75, 3.05) is 33.9 Å². The minimum absolute atomic E-state index is 0.0688. The lowest BCUT2D eigenvalue weighted by Crippen LogP contribution is -2.49. The first-order valence-electron chi connectivity index (χ1n) is 12.9. The lowest BCUT2D eigenvalue weighted by Gasteiger charge is -2.37. The van der Waals surface area contributed by atoms with Gasteiger partial charge in [-0.25, -0.2) is 8.42 Å². The van der Waals surface area contributed by atoms with E-state index in [4.69, 9.17) is 9.47 Å². The molecule has 0 aliphatic carbocycles. The van der Waals surface area contributed by atoms with Crippen LogP contribution < -0.4 is 9.47 Å². The first-order chi connectivity index (χ1) is 18.7. The smallest absolute Gasteiger partial charge is 0.247 e. The molecule has 8 nitrogen and oxygen atoms in total. The first kappa shape index (κ1) is 28.6. The summed E-state index contributed by atoms with van der Waals surface area (Å²) in [6.45, 7) is 4.91. The number of benzene rings is 2. The van der Waals surface area contributed by atoms with Crippen molar-refractivity contribution in [2.45, 2.75) is 37.4 Å². The molecule has 206 valence electrons. The molecule has 0 spiro atoms. The van der Waals surface area contributed by atoms with Gasteiger partial charge in [0.25, 0.3) is 0 Å². The number of hydrogen-bond acceptors (Lipinski definition) is 7. The van der Waals surface area contributed by atoms with Crippen LogP contribution in [0.15, 0.2) is 71.9 Å². The Morgan fingerprint density at radius 3 is 2.64 bits per heavy atom. The third kappa shape index (κ3) is 6.78. The quantitative estimate of drug-likeness (QED) is 0.452. The highest BCUT2D eigenvalue weighted by molar-refractivity contribution is 7.89. The lowest BCUT2D eigenvalue weighted by molar-refractivity contribution is 0.0733. The Morgan fingerprint density at radius 1 is 1.18 bits per heavy atom. The van der Waals surface area contributed by atoms with Gasteiger partial charge in [0.1, 0.15) is 22.5 Å². The van der Waals surface area contributed by atoms with Crippen LogP contribution in [0, 0.1) is 17.8 Å². The summed E-state index contributed by atoms with van der Waals surface area (Å²) >= 11 is 0. The van der Waals surface area contributed by atoms with Gasteiger partial charge in [0.15, 0.2) is 0 Å². The summed E-state index contributed by atoms with van der Waals surface area (Å²) in [6, 6.07) is 15.7. The topological polar surface area (TPSA) is 92.2 Å². The zero-order chi connectivity index (χ0) is 28.0. The van der Waals surface area contributed by atoms with Crippen molar-refractivity contribution in [1.29, 1.82) is 0 Å². The normalized spacial score (nSPS) is 19.5. The van der Waals surface area contributed by atoms with Crippen molar-refractivity contribution in [3.63, 3.8) is 0 Å². The zero-order valence-electron chi connectivity index (χ0n) is 22.7. The average molecular weight is 550 g/mol. The Balaban J connectivity index is 1.71. The second-order valence-corrected chi connectivity index (χ2v) is 11.8. The van der Waals surface area contributed by atoms with Gasteiger partial charge in [-0.1, -0.05) is 30.9 Å². The van der Waals surface area contributed by atoms with E-state index in [9.17, 15) is 13.5 Å². The molecule has 1 aliphatic rings. The molecule has 0 fully saturated rings. The number of methoxy groups -OCH3 is 1. The van der Waals surface area contributed by atoms with E-state index < -0.39 is 16.1 Å². The van der Waals surface area contributed by atoms with Crippen molar-refractivity contribution in [3.05, 3.63) is 83.7 Å². The van der Waals surface area contributed by atoms with E-state index in [1.54, 1.807) is 44.6 Å². The second-order valence-electron chi connectivity index (χ2n) is 9.90. The van der Waals surface area contributed by atoms with Crippen LogP contribution in [0.25, 0.3) is 0 Å². The molecular formula is C30H35N3O5S. The number of sulfonamides is 1. The molecule has 4 rings (SSSR count). The van der Waals surface area contributed by atoms with Crippen molar-refractivity contribution >= 4 is 10.0 Å². The number of likely N-dealkylation sites (N-methyl/N-ethyl adjacent to an activating group) is 1. The molecule has 0 saturated carbocycles. The molecule has 9 heteroatoms. The summed E-state index contributed by atoms with van der Waals surface area (Å²) in [6.07, 6.45) is 3.22. The number of aliphatic hydroxyl groups is 1. The minimum atomic E-state index is -3.92. The van der Waals surface area contributed by atoms with Crippen LogP contribution in [-0.2, 0) is 16.6 Å². The number of aromatic nitrogens is 1. The van der Waals surface area contributed by atoms with Gasteiger partial charge < -0.3 is 14.6 Å². The van der Waals surface area contributed by atoms with Crippen LogP contribution in [0.2, 0.25) is 0 Å². The largest absolute Gasteiger partial charge is 0.495 e. The molecule has 2 aromatic carbocycles. The highest BCUT2D eigenvalue weighted by Gasteiger charge is 2.38. The van der Waals surface area contributed by atoms with Gasteiger partial charge in [0.05, 0.1) is 19.3 Å². The Bertz CT molecular complexity index is 1440. The molecule has 0 radical (unpaired) electrons. The lowest BCUT2D eigenvalue weighted by atomic mass is 10.0.